The van der Waals surface area contributed by atoms with Crippen LogP contribution in [0, 0.1) is 6.92 Å². The van der Waals surface area contributed by atoms with Crippen molar-refractivity contribution in [2.75, 3.05) is 20.6 Å². The van der Waals surface area contributed by atoms with Gasteiger partial charge >= 0.3 is 0 Å². The first kappa shape index (κ1) is 19.7. The molecule has 0 N–H and O–H groups in total. The van der Waals surface area contributed by atoms with Crippen molar-refractivity contribution in [1.82, 2.24) is 18.7 Å². The third-order valence-electron chi connectivity index (χ3n) is 4.25. The fourth-order valence-corrected chi connectivity index (χ4v) is 4.45. The second kappa shape index (κ2) is 7.88. The van der Waals surface area contributed by atoms with Gasteiger partial charge in [-0.05, 0) is 52.2 Å². The second-order valence-electron chi connectivity index (χ2n) is 6.81. The highest BCUT2D eigenvalue weighted by Crippen LogP contribution is 2.29. The van der Waals surface area contributed by atoms with E-state index in [1.807, 2.05) is 31.9 Å². The molecule has 2 heterocycles. The van der Waals surface area contributed by atoms with E-state index in [1.54, 1.807) is 36.5 Å². The zero-order valence-electron chi connectivity index (χ0n) is 15.6. The first-order valence-corrected chi connectivity index (χ1v) is 10.5. The number of aryl methyl sites for hydroxylation is 2. The van der Waals surface area contributed by atoms with E-state index in [-0.39, 0.29) is 4.90 Å². The van der Waals surface area contributed by atoms with Gasteiger partial charge in [-0.1, -0.05) is 29.3 Å². The summed E-state index contributed by atoms with van der Waals surface area (Å²) in [6.45, 7) is 3.63. The van der Waals surface area contributed by atoms with Gasteiger partial charge in [-0.15, -0.1) is 0 Å². The molecule has 8 heteroatoms. The molecule has 0 aliphatic rings. The molecule has 1 aromatic carbocycles. The third-order valence-corrected chi connectivity index (χ3v) is 6.15. The molecule has 0 spiro atoms. The average Bonchev–Trinajstić information content (AvgIpc) is 3.21. The van der Waals surface area contributed by atoms with Crippen molar-refractivity contribution in [3.63, 3.8) is 0 Å². The summed E-state index contributed by atoms with van der Waals surface area (Å²) in [5, 5.41) is 4.72. The Kier molecular flexibility index (Phi) is 5.74. The van der Waals surface area contributed by atoms with Gasteiger partial charge in [0, 0.05) is 24.5 Å². The van der Waals surface area contributed by atoms with Crippen molar-refractivity contribution >= 4 is 21.6 Å². The van der Waals surface area contributed by atoms with Gasteiger partial charge in [0.25, 0.3) is 10.0 Å². The highest BCUT2D eigenvalue weighted by Gasteiger charge is 2.22. The molecule has 144 valence electrons. The van der Waals surface area contributed by atoms with Crippen molar-refractivity contribution in [2.24, 2.45) is 0 Å². The molecule has 0 saturated carbocycles. The Labute approximate surface area is 165 Å². The maximum Gasteiger partial charge on any atom is 0.268 e. The fourth-order valence-electron chi connectivity index (χ4n) is 2.81. The Hall–Kier alpha value is -2.09. The first-order chi connectivity index (χ1) is 12.8. The van der Waals surface area contributed by atoms with E-state index < -0.39 is 10.0 Å². The molecule has 0 bridgehead atoms. The molecule has 3 rings (SSSR count). The molecule has 0 atom stereocenters. The van der Waals surface area contributed by atoms with Crippen LogP contribution in [-0.4, -0.2) is 47.7 Å². The minimum absolute atomic E-state index is 0.222. The zero-order valence-corrected chi connectivity index (χ0v) is 17.2. The molecule has 0 radical (unpaired) electrons. The van der Waals surface area contributed by atoms with Crippen LogP contribution in [0.5, 0.6) is 0 Å². The molecular formula is C19H23ClN4O2S. The molecule has 0 unspecified atom stereocenters. The van der Waals surface area contributed by atoms with E-state index in [0.29, 0.717) is 16.3 Å². The van der Waals surface area contributed by atoms with Gasteiger partial charge in [-0.25, -0.2) is 12.4 Å². The van der Waals surface area contributed by atoms with Gasteiger partial charge in [0.2, 0.25) is 0 Å². The van der Waals surface area contributed by atoms with Crippen molar-refractivity contribution in [2.45, 2.75) is 24.8 Å². The molecule has 3 aromatic rings. The number of nitrogens with zero attached hydrogens (tertiary/aromatic N) is 4. The highest BCUT2D eigenvalue weighted by molar-refractivity contribution is 7.90. The Balaban J connectivity index is 1.93. The topological polar surface area (TPSA) is 60.1 Å². The molecule has 0 amide bonds. The number of rotatable bonds is 7. The van der Waals surface area contributed by atoms with Crippen LogP contribution in [0.25, 0.3) is 11.3 Å². The van der Waals surface area contributed by atoms with E-state index in [2.05, 4.69) is 10.00 Å². The van der Waals surface area contributed by atoms with Gasteiger partial charge in [-0.3, -0.25) is 4.68 Å². The number of benzene rings is 1. The Morgan fingerprint density at radius 2 is 1.85 bits per heavy atom. The lowest BCUT2D eigenvalue weighted by Crippen LogP contribution is -2.15. The largest absolute Gasteiger partial charge is 0.309 e. The van der Waals surface area contributed by atoms with Crippen molar-refractivity contribution in [3.05, 3.63) is 59.5 Å². The molecule has 27 heavy (non-hydrogen) atoms. The van der Waals surface area contributed by atoms with Gasteiger partial charge in [0.1, 0.15) is 0 Å². The summed E-state index contributed by atoms with van der Waals surface area (Å²) in [6.07, 6.45) is 5.90. The van der Waals surface area contributed by atoms with Crippen molar-refractivity contribution < 1.29 is 8.42 Å². The maximum atomic E-state index is 13.1. The number of hydrogen-bond acceptors (Lipinski definition) is 4. The number of halogens is 1. The normalized spacial score (nSPS) is 12.0. The lowest BCUT2D eigenvalue weighted by atomic mass is 10.2. The van der Waals surface area contributed by atoms with Crippen LogP contribution in [0.4, 0.5) is 0 Å². The SMILES string of the molecule is Cc1ccc(S(=O)(=O)n2cc(Cl)cc2-c2cnn(CCCN(C)C)c2)cc1. The van der Waals surface area contributed by atoms with Crippen LogP contribution in [0.15, 0.2) is 53.8 Å². The van der Waals surface area contributed by atoms with Gasteiger partial charge in [0.05, 0.1) is 21.8 Å². The van der Waals surface area contributed by atoms with Crippen LogP contribution in [0.2, 0.25) is 5.02 Å². The Bertz CT molecular complexity index is 1020. The quantitative estimate of drug-likeness (QED) is 0.602. The predicted molar refractivity (Wildman–Crippen MR) is 108 cm³/mol. The zero-order chi connectivity index (χ0) is 19.6. The van der Waals surface area contributed by atoms with Gasteiger partial charge < -0.3 is 4.90 Å². The standard InChI is InChI=1S/C19H23ClN4O2S/c1-15-5-7-18(8-6-15)27(25,26)24-14-17(20)11-19(24)16-12-21-23(13-16)10-4-9-22(2)3/h5-8,11-14H,4,9-10H2,1-3H3. The molecule has 2 aromatic heterocycles. The summed E-state index contributed by atoms with van der Waals surface area (Å²) in [4.78, 5) is 2.34. The van der Waals surface area contributed by atoms with Gasteiger partial charge in [0.15, 0.2) is 0 Å². The fraction of sp³-hybridized carbons (Fsp3) is 0.316. The maximum absolute atomic E-state index is 13.1. The summed E-state index contributed by atoms with van der Waals surface area (Å²) in [5.41, 5.74) is 2.21. The average molecular weight is 407 g/mol. The van der Waals surface area contributed by atoms with E-state index in [1.165, 1.54) is 10.2 Å². The minimum Gasteiger partial charge on any atom is -0.309 e. The molecule has 0 fully saturated rings. The first-order valence-electron chi connectivity index (χ1n) is 8.65. The summed E-state index contributed by atoms with van der Waals surface area (Å²) < 4.78 is 29.2. The predicted octanol–water partition coefficient (Wildman–Crippen LogP) is 3.50. The summed E-state index contributed by atoms with van der Waals surface area (Å²) in [7, 11) is 0.310. The van der Waals surface area contributed by atoms with Crippen molar-refractivity contribution in [3.8, 4) is 11.3 Å². The van der Waals surface area contributed by atoms with Crippen LogP contribution < -0.4 is 0 Å². The monoisotopic (exact) mass is 406 g/mol. The number of hydrogen-bond donors (Lipinski definition) is 0. The second-order valence-corrected chi connectivity index (χ2v) is 9.06. The van der Waals surface area contributed by atoms with Crippen LogP contribution in [0.1, 0.15) is 12.0 Å². The molecule has 6 nitrogen and oxygen atoms in total. The molecular weight excluding hydrogens is 384 g/mol. The Morgan fingerprint density at radius 1 is 1.15 bits per heavy atom. The summed E-state index contributed by atoms with van der Waals surface area (Å²) >= 11 is 6.14. The highest BCUT2D eigenvalue weighted by atomic mass is 35.5. The van der Waals surface area contributed by atoms with E-state index in [4.69, 9.17) is 11.6 Å². The van der Waals surface area contributed by atoms with Crippen LogP contribution >= 0.6 is 11.6 Å². The lowest BCUT2D eigenvalue weighted by Gasteiger charge is -2.10. The van der Waals surface area contributed by atoms with E-state index >= 15 is 0 Å². The minimum atomic E-state index is -3.74. The number of aromatic nitrogens is 3. The van der Waals surface area contributed by atoms with E-state index in [0.717, 1.165) is 25.1 Å². The van der Waals surface area contributed by atoms with Crippen LogP contribution in [0.3, 0.4) is 0 Å². The van der Waals surface area contributed by atoms with E-state index in [9.17, 15) is 8.42 Å². The van der Waals surface area contributed by atoms with Crippen molar-refractivity contribution in [1.29, 1.82) is 0 Å². The summed E-state index contributed by atoms with van der Waals surface area (Å²) in [6, 6.07) is 8.41. The van der Waals surface area contributed by atoms with Gasteiger partial charge in [-0.2, -0.15) is 5.10 Å². The molecule has 0 saturated heterocycles. The lowest BCUT2D eigenvalue weighted by molar-refractivity contribution is 0.380. The Morgan fingerprint density at radius 3 is 2.52 bits per heavy atom. The molecule has 0 aliphatic heterocycles. The summed E-state index contributed by atoms with van der Waals surface area (Å²) in [5.74, 6) is 0. The third kappa shape index (κ3) is 4.43. The molecule has 0 aliphatic carbocycles. The van der Waals surface area contributed by atoms with Crippen LogP contribution in [-0.2, 0) is 16.6 Å². The smallest absolute Gasteiger partial charge is 0.268 e.